The Bertz CT molecular complexity index is 629. The summed E-state index contributed by atoms with van der Waals surface area (Å²) >= 11 is 6.07. The first-order chi connectivity index (χ1) is 8.60. The normalized spacial score (nSPS) is 9.83. The summed E-state index contributed by atoms with van der Waals surface area (Å²) in [5, 5.41) is 12.8. The number of hydrogen-bond acceptors (Lipinski definition) is 3. The minimum absolute atomic E-state index is 0.564. The van der Waals surface area contributed by atoms with Crippen molar-refractivity contribution in [3.05, 3.63) is 52.5 Å². The van der Waals surface area contributed by atoms with E-state index in [0.717, 1.165) is 11.3 Å². The van der Waals surface area contributed by atoms with Crippen LogP contribution in [-0.2, 0) is 0 Å². The van der Waals surface area contributed by atoms with E-state index in [1.54, 1.807) is 18.2 Å². The zero-order chi connectivity index (χ0) is 13.1. The van der Waals surface area contributed by atoms with Gasteiger partial charge in [-0.05, 0) is 42.8 Å². The molecule has 2 aromatic rings. The van der Waals surface area contributed by atoms with Gasteiger partial charge in [0.25, 0.3) is 0 Å². The van der Waals surface area contributed by atoms with E-state index in [2.05, 4.69) is 11.4 Å². The van der Waals surface area contributed by atoms with Crippen LogP contribution in [0.25, 0.3) is 0 Å². The zero-order valence-electron chi connectivity index (χ0n) is 9.87. The van der Waals surface area contributed by atoms with E-state index in [1.807, 2.05) is 25.1 Å². The Morgan fingerprint density at radius 2 is 1.94 bits per heavy atom. The van der Waals surface area contributed by atoms with E-state index >= 15 is 0 Å². The number of benzene rings is 2. The molecule has 0 aliphatic heterocycles. The minimum atomic E-state index is 0.564. The van der Waals surface area contributed by atoms with Gasteiger partial charge in [0.2, 0.25) is 0 Å². The van der Waals surface area contributed by atoms with Crippen LogP contribution in [0.2, 0.25) is 5.02 Å². The number of nitrogen functional groups attached to an aromatic ring is 1. The molecular formula is C14H12ClN3. The minimum Gasteiger partial charge on any atom is -0.399 e. The molecule has 18 heavy (non-hydrogen) atoms. The van der Waals surface area contributed by atoms with Crippen LogP contribution in [0.4, 0.5) is 17.1 Å². The lowest BCUT2D eigenvalue weighted by molar-refractivity contribution is 1.40. The van der Waals surface area contributed by atoms with Crippen LogP contribution in [0.3, 0.4) is 0 Å². The third-order valence-electron chi connectivity index (χ3n) is 2.56. The Kier molecular flexibility index (Phi) is 3.40. The Labute approximate surface area is 111 Å². The highest BCUT2D eigenvalue weighted by Gasteiger charge is 2.05. The molecule has 3 nitrogen and oxygen atoms in total. The molecule has 0 atom stereocenters. The highest BCUT2D eigenvalue weighted by atomic mass is 35.5. The fourth-order valence-electron chi connectivity index (χ4n) is 1.64. The third-order valence-corrected chi connectivity index (χ3v) is 2.88. The van der Waals surface area contributed by atoms with Gasteiger partial charge in [0, 0.05) is 5.69 Å². The topological polar surface area (TPSA) is 61.8 Å². The molecule has 3 N–H and O–H groups in total. The van der Waals surface area contributed by atoms with Gasteiger partial charge >= 0.3 is 0 Å². The lowest BCUT2D eigenvalue weighted by Crippen LogP contribution is -1.96. The van der Waals surface area contributed by atoms with Crippen LogP contribution in [0.15, 0.2) is 36.4 Å². The predicted molar refractivity (Wildman–Crippen MR) is 75.0 cm³/mol. The van der Waals surface area contributed by atoms with E-state index in [1.165, 1.54) is 0 Å². The van der Waals surface area contributed by atoms with Crippen molar-refractivity contribution >= 4 is 28.7 Å². The predicted octanol–water partition coefficient (Wildman–Crippen LogP) is 3.85. The second kappa shape index (κ2) is 4.99. The number of nitrogens with one attached hydrogen (secondary N) is 1. The van der Waals surface area contributed by atoms with E-state index in [9.17, 15) is 0 Å². The van der Waals surface area contributed by atoms with Crippen LogP contribution < -0.4 is 11.1 Å². The molecule has 0 saturated heterocycles. The Hall–Kier alpha value is -2.18. The zero-order valence-corrected chi connectivity index (χ0v) is 10.6. The molecule has 90 valence electrons. The lowest BCUT2D eigenvalue weighted by atomic mass is 10.1. The summed E-state index contributed by atoms with van der Waals surface area (Å²) in [6, 6.07) is 13.0. The molecule has 0 amide bonds. The molecule has 0 fully saturated rings. The van der Waals surface area contributed by atoms with Crippen LogP contribution in [0.1, 0.15) is 11.1 Å². The van der Waals surface area contributed by atoms with Gasteiger partial charge in [0.1, 0.15) is 6.07 Å². The summed E-state index contributed by atoms with van der Waals surface area (Å²) < 4.78 is 0. The fraction of sp³-hybridized carbons (Fsp3) is 0.0714. The van der Waals surface area contributed by atoms with Gasteiger partial charge in [0.15, 0.2) is 0 Å². The molecule has 2 rings (SSSR count). The average molecular weight is 258 g/mol. The van der Waals surface area contributed by atoms with Gasteiger partial charge in [0.05, 0.1) is 22.0 Å². The number of aryl methyl sites for hydroxylation is 1. The first-order valence-electron chi connectivity index (χ1n) is 5.43. The highest BCUT2D eigenvalue weighted by molar-refractivity contribution is 6.33. The van der Waals surface area contributed by atoms with Crippen molar-refractivity contribution in [2.24, 2.45) is 0 Å². The Balaban J connectivity index is 2.40. The molecule has 2 aromatic carbocycles. The first-order valence-corrected chi connectivity index (χ1v) is 5.81. The number of anilines is 3. The second-order valence-electron chi connectivity index (χ2n) is 4.03. The monoisotopic (exact) mass is 257 g/mol. The quantitative estimate of drug-likeness (QED) is 0.804. The van der Waals surface area contributed by atoms with Crippen LogP contribution in [-0.4, -0.2) is 0 Å². The number of rotatable bonds is 2. The molecule has 0 saturated carbocycles. The van der Waals surface area contributed by atoms with Crippen LogP contribution in [0, 0.1) is 18.3 Å². The summed E-state index contributed by atoms with van der Waals surface area (Å²) in [5.74, 6) is 0. The number of halogens is 1. The van der Waals surface area contributed by atoms with E-state index in [0.29, 0.717) is 22.0 Å². The Morgan fingerprint density at radius 1 is 1.17 bits per heavy atom. The molecule has 0 aliphatic rings. The SMILES string of the molecule is Cc1ccc(Nc2cc(N)ccc2Cl)c(C#N)c1. The number of nitrogens with zero attached hydrogens (tertiary/aromatic N) is 1. The van der Waals surface area contributed by atoms with Gasteiger partial charge in [-0.25, -0.2) is 0 Å². The summed E-state index contributed by atoms with van der Waals surface area (Å²) in [4.78, 5) is 0. The summed E-state index contributed by atoms with van der Waals surface area (Å²) in [6.07, 6.45) is 0. The maximum Gasteiger partial charge on any atom is 0.101 e. The fourth-order valence-corrected chi connectivity index (χ4v) is 1.81. The third kappa shape index (κ3) is 2.55. The molecule has 0 spiro atoms. The number of nitrogens with two attached hydrogens (primary N) is 1. The van der Waals surface area contributed by atoms with Crippen molar-refractivity contribution in [1.82, 2.24) is 0 Å². The van der Waals surface area contributed by atoms with Crippen molar-refractivity contribution in [1.29, 1.82) is 5.26 Å². The van der Waals surface area contributed by atoms with E-state index < -0.39 is 0 Å². The Morgan fingerprint density at radius 3 is 2.67 bits per heavy atom. The van der Waals surface area contributed by atoms with Gasteiger partial charge in [-0.1, -0.05) is 17.7 Å². The van der Waals surface area contributed by atoms with Crippen molar-refractivity contribution < 1.29 is 0 Å². The van der Waals surface area contributed by atoms with Crippen molar-refractivity contribution in [2.45, 2.75) is 6.92 Å². The number of hydrogen-bond donors (Lipinski definition) is 2. The standard InChI is InChI=1S/C14H12ClN3/c1-9-2-5-13(10(6-9)8-16)18-14-7-11(17)3-4-12(14)15/h2-7,18H,17H2,1H3. The van der Waals surface area contributed by atoms with Gasteiger partial charge in [-0.15, -0.1) is 0 Å². The number of nitriles is 1. The molecule has 0 aromatic heterocycles. The molecule has 0 unspecified atom stereocenters. The van der Waals surface area contributed by atoms with E-state index in [4.69, 9.17) is 22.6 Å². The van der Waals surface area contributed by atoms with Crippen LogP contribution >= 0.6 is 11.6 Å². The maximum absolute atomic E-state index is 9.10. The molecule has 0 heterocycles. The smallest absolute Gasteiger partial charge is 0.101 e. The van der Waals surface area contributed by atoms with Gasteiger partial charge < -0.3 is 11.1 Å². The molecular weight excluding hydrogens is 246 g/mol. The highest BCUT2D eigenvalue weighted by Crippen LogP contribution is 2.29. The maximum atomic E-state index is 9.10. The molecule has 0 radical (unpaired) electrons. The lowest BCUT2D eigenvalue weighted by Gasteiger charge is -2.11. The van der Waals surface area contributed by atoms with E-state index in [-0.39, 0.29) is 0 Å². The van der Waals surface area contributed by atoms with Crippen LogP contribution in [0.5, 0.6) is 0 Å². The summed E-state index contributed by atoms with van der Waals surface area (Å²) in [6.45, 7) is 1.94. The molecule has 0 bridgehead atoms. The average Bonchev–Trinajstić information content (AvgIpc) is 2.36. The summed E-state index contributed by atoms with van der Waals surface area (Å²) in [7, 11) is 0. The van der Waals surface area contributed by atoms with Gasteiger partial charge in [-0.2, -0.15) is 5.26 Å². The first kappa shape index (κ1) is 12.3. The molecule has 0 aliphatic carbocycles. The largest absolute Gasteiger partial charge is 0.399 e. The summed E-state index contributed by atoms with van der Waals surface area (Å²) in [5.41, 5.74) is 9.36. The van der Waals surface area contributed by atoms with Crippen molar-refractivity contribution in [2.75, 3.05) is 11.1 Å². The van der Waals surface area contributed by atoms with Gasteiger partial charge in [-0.3, -0.25) is 0 Å². The van der Waals surface area contributed by atoms with Crippen molar-refractivity contribution in [3.8, 4) is 6.07 Å². The molecule has 4 heteroatoms. The van der Waals surface area contributed by atoms with Crippen molar-refractivity contribution in [3.63, 3.8) is 0 Å². The second-order valence-corrected chi connectivity index (χ2v) is 4.43.